The van der Waals surface area contributed by atoms with Crippen LogP contribution in [0.2, 0.25) is 0 Å². The van der Waals surface area contributed by atoms with Crippen molar-refractivity contribution >= 4 is 39.3 Å². The number of hydrogen-bond acceptors (Lipinski definition) is 4. The number of ether oxygens (including phenoxy) is 1. The summed E-state index contributed by atoms with van der Waals surface area (Å²) >= 11 is 4.97. The van der Waals surface area contributed by atoms with Crippen molar-refractivity contribution in [1.29, 1.82) is 0 Å². The zero-order valence-corrected chi connectivity index (χ0v) is 18.0. The van der Waals surface area contributed by atoms with Gasteiger partial charge in [0.1, 0.15) is 12.6 Å². The third kappa shape index (κ3) is 7.03. The van der Waals surface area contributed by atoms with E-state index in [9.17, 15) is 9.59 Å². The summed E-state index contributed by atoms with van der Waals surface area (Å²) in [5, 5.41) is 5.59. The first-order chi connectivity index (χ1) is 14.1. The van der Waals surface area contributed by atoms with Crippen molar-refractivity contribution in [3.8, 4) is 0 Å². The van der Waals surface area contributed by atoms with Crippen molar-refractivity contribution in [1.82, 2.24) is 10.6 Å². The fourth-order valence-corrected chi connectivity index (χ4v) is 4.13. The minimum absolute atomic E-state index is 0.148. The van der Waals surface area contributed by atoms with Crippen LogP contribution in [0.15, 0.2) is 76.6 Å². The normalized spacial score (nSPS) is 11.5. The minimum Gasteiger partial charge on any atom is -0.445 e. The van der Waals surface area contributed by atoms with Gasteiger partial charge in [-0.15, -0.1) is 11.3 Å². The Labute approximate surface area is 182 Å². The number of rotatable bonds is 8. The SMILES string of the molecule is O=C(N[C@@H](Cc1ccccc1)C(=O)NCc1ccc(Br)s1)OCc1ccccc1. The molecule has 0 aliphatic heterocycles. The summed E-state index contributed by atoms with van der Waals surface area (Å²) in [6, 6.07) is 22.1. The third-order valence-electron chi connectivity index (χ3n) is 4.17. The van der Waals surface area contributed by atoms with Crippen molar-refractivity contribution in [3.63, 3.8) is 0 Å². The maximum absolute atomic E-state index is 12.7. The molecule has 5 nitrogen and oxygen atoms in total. The third-order valence-corrected chi connectivity index (χ3v) is 5.79. The molecule has 3 rings (SSSR count). The number of amides is 2. The van der Waals surface area contributed by atoms with Crippen LogP contribution < -0.4 is 10.6 Å². The Kier molecular flexibility index (Phi) is 7.84. The molecule has 0 saturated carbocycles. The van der Waals surface area contributed by atoms with Crippen molar-refractivity contribution in [2.24, 2.45) is 0 Å². The maximum atomic E-state index is 12.7. The smallest absolute Gasteiger partial charge is 0.408 e. The molecule has 2 N–H and O–H groups in total. The van der Waals surface area contributed by atoms with Crippen molar-refractivity contribution < 1.29 is 14.3 Å². The van der Waals surface area contributed by atoms with Crippen LogP contribution in [0.25, 0.3) is 0 Å². The summed E-state index contributed by atoms with van der Waals surface area (Å²) in [5.74, 6) is -0.255. The summed E-state index contributed by atoms with van der Waals surface area (Å²) in [6.07, 6.45) is -0.245. The van der Waals surface area contributed by atoms with E-state index in [4.69, 9.17) is 4.74 Å². The maximum Gasteiger partial charge on any atom is 0.408 e. The van der Waals surface area contributed by atoms with E-state index in [0.29, 0.717) is 13.0 Å². The molecule has 150 valence electrons. The Balaban J connectivity index is 1.60. The molecule has 1 atom stereocenters. The number of hydrogen-bond donors (Lipinski definition) is 2. The van der Waals surface area contributed by atoms with E-state index in [1.54, 1.807) is 11.3 Å². The number of carbonyl (C=O) groups excluding carboxylic acids is 2. The van der Waals surface area contributed by atoms with Gasteiger partial charge in [0.15, 0.2) is 0 Å². The monoisotopic (exact) mass is 472 g/mol. The Morgan fingerprint density at radius 1 is 0.931 bits per heavy atom. The van der Waals surface area contributed by atoms with Gasteiger partial charge in [-0.3, -0.25) is 4.79 Å². The standard InChI is InChI=1S/C22H21BrN2O3S/c23-20-12-11-18(29-20)14-24-21(26)19(13-16-7-3-1-4-8-16)25-22(27)28-15-17-9-5-2-6-10-17/h1-12,19H,13-15H2,(H,24,26)(H,25,27)/t19-/m0/s1. The molecule has 0 aliphatic carbocycles. The first-order valence-electron chi connectivity index (χ1n) is 9.13. The lowest BCUT2D eigenvalue weighted by molar-refractivity contribution is -0.123. The predicted octanol–water partition coefficient (Wildman–Crippen LogP) is 4.66. The van der Waals surface area contributed by atoms with Gasteiger partial charge in [0.2, 0.25) is 5.91 Å². The van der Waals surface area contributed by atoms with E-state index in [0.717, 1.165) is 19.8 Å². The van der Waals surface area contributed by atoms with Gasteiger partial charge < -0.3 is 15.4 Å². The average Bonchev–Trinajstić information content (AvgIpc) is 3.17. The molecule has 2 amide bonds. The van der Waals surface area contributed by atoms with Crippen LogP contribution in [-0.4, -0.2) is 18.0 Å². The number of carbonyl (C=O) groups is 2. The molecular weight excluding hydrogens is 452 g/mol. The van der Waals surface area contributed by atoms with Crippen LogP contribution in [0.4, 0.5) is 4.79 Å². The number of thiophene rings is 1. The van der Waals surface area contributed by atoms with E-state index in [-0.39, 0.29) is 12.5 Å². The summed E-state index contributed by atoms with van der Waals surface area (Å²) in [5.41, 5.74) is 1.84. The van der Waals surface area contributed by atoms with Gasteiger partial charge >= 0.3 is 6.09 Å². The second-order valence-corrected chi connectivity index (χ2v) is 8.92. The van der Waals surface area contributed by atoms with E-state index in [2.05, 4.69) is 26.6 Å². The number of benzene rings is 2. The molecule has 0 fully saturated rings. The van der Waals surface area contributed by atoms with Crippen LogP contribution >= 0.6 is 27.3 Å². The van der Waals surface area contributed by atoms with Gasteiger partial charge in [-0.1, -0.05) is 60.7 Å². The Morgan fingerprint density at radius 3 is 2.21 bits per heavy atom. The van der Waals surface area contributed by atoms with Crippen LogP contribution in [0.5, 0.6) is 0 Å². The molecule has 1 aromatic heterocycles. The molecule has 3 aromatic rings. The summed E-state index contributed by atoms with van der Waals surface area (Å²) in [7, 11) is 0. The molecule has 0 bridgehead atoms. The predicted molar refractivity (Wildman–Crippen MR) is 118 cm³/mol. The topological polar surface area (TPSA) is 67.4 Å². The van der Waals surface area contributed by atoms with Gasteiger partial charge in [0.25, 0.3) is 0 Å². The molecule has 2 aromatic carbocycles. The summed E-state index contributed by atoms with van der Waals surface area (Å²) in [6.45, 7) is 0.552. The number of alkyl carbamates (subject to hydrolysis) is 1. The second kappa shape index (κ2) is 10.8. The number of halogens is 1. The van der Waals surface area contributed by atoms with Crippen molar-refractivity contribution in [2.45, 2.75) is 25.6 Å². The average molecular weight is 473 g/mol. The lowest BCUT2D eigenvalue weighted by Crippen LogP contribution is -2.47. The quantitative estimate of drug-likeness (QED) is 0.500. The van der Waals surface area contributed by atoms with E-state index < -0.39 is 12.1 Å². The molecule has 0 spiro atoms. The van der Waals surface area contributed by atoms with Gasteiger partial charge in [-0.25, -0.2) is 4.79 Å². The fraction of sp³-hybridized carbons (Fsp3) is 0.182. The highest BCUT2D eigenvalue weighted by Gasteiger charge is 2.22. The lowest BCUT2D eigenvalue weighted by atomic mass is 10.1. The fourth-order valence-electron chi connectivity index (χ4n) is 2.71. The lowest BCUT2D eigenvalue weighted by Gasteiger charge is -2.18. The zero-order valence-electron chi connectivity index (χ0n) is 15.6. The first-order valence-corrected chi connectivity index (χ1v) is 10.7. The van der Waals surface area contributed by atoms with Crippen LogP contribution in [0.1, 0.15) is 16.0 Å². The molecule has 1 heterocycles. The van der Waals surface area contributed by atoms with Gasteiger partial charge in [0.05, 0.1) is 10.3 Å². The molecule has 0 unspecified atom stereocenters. The van der Waals surface area contributed by atoms with Crippen molar-refractivity contribution in [2.75, 3.05) is 0 Å². The molecular formula is C22H21BrN2O3S. The van der Waals surface area contributed by atoms with E-state index >= 15 is 0 Å². The van der Waals surface area contributed by atoms with E-state index in [1.165, 1.54) is 0 Å². The minimum atomic E-state index is -0.732. The van der Waals surface area contributed by atoms with Crippen LogP contribution in [0.3, 0.4) is 0 Å². The molecule has 7 heteroatoms. The Morgan fingerprint density at radius 2 is 1.59 bits per heavy atom. The highest BCUT2D eigenvalue weighted by molar-refractivity contribution is 9.11. The van der Waals surface area contributed by atoms with Crippen molar-refractivity contribution in [3.05, 3.63) is 92.6 Å². The van der Waals surface area contributed by atoms with Crippen LogP contribution in [-0.2, 0) is 29.1 Å². The summed E-state index contributed by atoms with van der Waals surface area (Å²) in [4.78, 5) is 26.1. The van der Waals surface area contributed by atoms with Gasteiger partial charge in [0, 0.05) is 11.3 Å². The highest BCUT2D eigenvalue weighted by Crippen LogP contribution is 2.21. The summed E-state index contributed by atoms with van der Waals surface area (Å²) < 4.78 is 6.28. The Hall–Kier alpha value is -2.64. The highest BCUT2D eigenvalue weighted by atomic mass is 79.9. The molecule has 0 saturated heterocycles. The van der Waals surface area contributed by atoms with Gasteiger partial charge in [-0.2, -0.15) is 0 Å². The number of nitrogens with one attached hydrogen (secondary N) is 2. The molecule has 0 radical (unpaired) electrons. The largest absolute Gasteiger partial charge is 0.445 e. The van der Waals surface area contributed by atoms with E-state index in [1.807, 2.05) is 72.8 Å². The molecule has 29 heavy (non-hydrogen) atoms. The van der Waals surface area contributed by atoms with Crippen LogP contribution in [0, 0.1) is 0 Å². The molecule has 0 aliphatic rings. The first kappa shape index (κ1) is 21.1. The second-order valence-electron chi connectivity index (χ2n) is 6.37. The zero-order chi connectivity index (χ0) is 20.5. The van der Waals surface area contributed by atoms with Gasteiger partial charge in [-0.05, 0) is 39.2 Å². The Bertz CT molecular complexity index is 932.